The van der Waals surface area contributed by atoms with Gasteiger partial charge in [-0.15, -0.1) is 0 Å². The van der Waals surface area contributed by atoms with Gasteiger partial charge in [0.2, 0.25) is 0 Å². The van der Waals surface area contributed by atoms with Crippen molar-refractivity contribution in [1.29, 1.82) is 0 Å². The Balaban J connectivity index is 2.00. The molecule has 0 spiro atoms. The molecule has 0 saturated heterocycles. The lowest BCUT2D eigenvalue weighted by Gasteiger charge is -2.35. The third kappa shape index (κ3) is 3.12. The van der Waals surface area contributed by atoms with Crippen molar-refractivity contribution in [2.24, 2.45) is 7.05 Å². The Labute approximate surface area is 112 Å². The highest BCUT2D eigenvalue weighted by molar-refractivity contribution is 9.10. The average molecular weight is 301 g/mol. The summed E-state index contributed by atoms with van der Waals surface area (Å²) in [4.78, 5) is 2.28. The van der Waals surface area contributed by atoms with Gasteiger partial charge in [-0.3, -0.25) is 4.90 Å². The topological polar surface area (TPSA) is 28.4 Å². The molecule has 0 aliphatic heterocycles. The number of hydrogen-bond donors (Lipinski definition) is 1. The van der Waals surface area contributed by atoms with E-state index in [9.17, 15) is 5.11 Å². The van der Waals surface area contributed by atoms with Gasteiger partial charge < -0.3 is 9.67 Å². The molecule has 4 heteroatoms. The molecule has 0 bridgehead atoms. The van der Waals surface area contributed by atoms with Crippen LogP contribution in [0.1, 0.15) is 31.4 Å². The Morgan fingerprint density at radius 2 is 2.18 bits per heavy atom. The monoisotopic (exact) mass is 300 g/mol. The van der Waals surface area contributed by atoms with Crippen molar-refractivity contribution in [3.05, 3.63) is 22.4 Å². The summed E-state index contributed by atoms with van der Waals surface area (Å²) >= 11 is 3.49. The fraction of sp³-hybridized carbons (Fsp3) is 0.692. The predicted octanol–water partition coefficient (Wildman–Crippen LogP) is 2.52. The summed E-state index contributed by atoms with van der Waals surface area (Å²) in [6.45, 7) is 0.893. The van der Waals surface area contributed by atoms with Crippen molar-refractivity contribution in [2.75, 3.05) is 7.05 Å². The molecule has 1 N–H and O–H groups in total. The Morgan fingerprint density at radius 1 is 1.47 bits per heavy atom. The van der Waals surface area contributed by atoms with Gasteiger partial charge in [0.1, 0.15) is 0 Å². The molecule has 3 nitrogen and oxygen atoms in total. The number of halogens is 1. The van der Waals surface area contributed by atoms with E-state index < -0.39 is 0 Å². The molecule has 1 fully saturated rings. The van der Waals surface area contributed by atoms with E-state index in [2.05, 4.69) is 51.8 Å². The van der Waals surface area contributed by atoms with Crippen molar-refractivity contribution in [3.8, 4) is 0 Å². The molecule has 2 atom stereocenters. The molecule has 1 aliphatic carbocycles. The van der Waals surface area contributed by atoms with Crippen molar-refractivity contribution in [3.63, 3.8) is 0 Å². The van der Waals surface area contributed by atoms with E-state index in [1.807, 2.05) is 0 Å². The van der Waals surface area contributed by atoms with Crippen LogP contribution in [0.25, 0.3) is 0 Å². The second-order valence-corrected chi connectivity index (χ2v) is 6.01. The van der Waals surface area contributed by atoms with E-state index >= 15 is 0 Å². The Hall–Kier alpha value is -0.320. The third-order valence-corrected chi connectivity index (χ3v) is 4.18. The van der Waals surface area contributed by atoms with E-state index in [-0.39, 0.29) is 6.10 Å². The molecule has 0 radical (unpaired) electrons. The molecule has 2 rings (SSSR count). The van der Waals surface area contributed by atoms with Gasteiger partial charge in [-0.1, -0.05) is 12.8 Å². The number of hydrogen-bond acceptors (Lipinski definition) is 2. The zero-order valence-electron chi connectivity index (χ0n) is 10.6. The number of aromatic nitrogens is 1. The van der Waals surface area contributed by atoms with Crippen LogP contribution in [0.3, 0.4) is 0 Å². The standard InChI is InChI=1S/C13H21BrN2O/c1-15-8-10(14)7-11(15)9-16(2)12-5-3-4-6-13(12)17/h7-8,12-13,17H,3-6,9H2,1-2H3. The Morgan fingerprint density at radius 3 is 2.76 bits per heavy atom. The van der Waals surface area contributed by atoms with Gasteiger partial charge >= 0.3 is 0 Å². The summed E-state index contributed by atoms with van der Waals surface area (Å²) < 4.78 is 3.25. The Bertz CT molecular complexity index is 377. The number of aliphatic hydroxyl groups is 1. The summed E-state index contributed by atoms with van der Waals surface area (Å²) in [7, 11) is 4.17. The van der Waals surface area contributed by atoms with E-state index in [1.54, 1.807) is 0 Å². The fourth-order valence-electron chi connectivity index (χ4n) is 2.70. The van der Waals surface area contributed by atoms with Crippen LogP contribution in [0, 0.1) is 0 Å². The molecule has 0 aromatic carbocycles. The van der Waals surface area contributed by atoms with Gasteiger partial charge in [0.25, 0.3) is 0 Å². The molecular weight excluding hydrogens is 280 g/mol. The zero-order chi connectivity index (χ0) is 12.4. The van der Waals surface area contributed by atoms with Gasteiger partial charge in [0, 0.05) is 36.0 Å². The largest absolute Gasteiger partial charge is 0.391 e. The van der Waals surface area contributed by atoms with Gasteiger partial charge in [-0.25, -0.2) is 0 Å². The minimum Gasteiger partial charge on any atom is -0.391 e. The minimum atomic E-state index is -0.155. The number of likely N-dealkylation sites (N-methyl/N-ethyl adjacent to an activating group) is 1. The van der Waals surface area contributed by atoms with Gasteiger partial charge in [0.05, 0.1) is 6.10 Å². The summed E-state index contributed by atoms with van der Waals surface area (Å²) in [5.74, 6) is 0. The average Bonchev–Trinajstić information content (AvgIpc) is 2.58. The lowest BCUT2D eigenvalue weighted by Crippen LogP contribution is -2.43. The van der Waals surface area contributed by atoms with Gasteiger partial charge in [0.15, 0.2) is 0 Å². The lowest BCUT2D eigenvalue weighted by atomic mass is 9.91. The molecule has 1 aliphatic rings. The van der Waals surface area contributed by atoms with Crippen LogP contribution in [0.2, 0.25) is 0 Å². The first-order valence-electron chi connectivity index (χ1n) is 6.27. The van der Waals surface area contributed by atoms with Gasteiger partial charge in [-0.05, 0) is 41.9 Å². The first-order chi connectivity index (χ1) is 8.08. The van der Waals surface area contributed by atoms with E-state index in [4.69, 9.17) is 0 Å². The fourth-order valence-corrected chi connectivity index (χ4v) is 3.27. The first-order valence-corrected chi connectivity index (χ1v) is 7.06. The number of nitrogens with zero attached hydrogens (tertiary/aromatic N) is 2. The van der Waals surface area contributed by atoms with E-state index in [1.165, 1.54) is 18.5 Å². The third-order valence-electron chi connectivity index (χ3n) is 3.75. The van der Waals surface area contributed by atoms with E-state index in [0.29, 0.717) is 6.04 Å². The molecule has 1 saturated carbocycles. The zero-order valence-corrected chi connectivity index (χ0v) is 12.2. The molecule has 17 heavy (non-hydrogen) atoms. The van der Waals surface area contributed by atoms with Crippen molar-refractivity contribution >= 4 is 15.9 Å². The van der Waals surface area contributed by atoms with Crippen LogP contribution < -0.4 is 0 Å². The summed E-state index contributed by atoms with van der Waals surface area (Å²) in [5, 5.41) is 10.0. The second-order valence-electron chi connectivity index (χ2n) is 5.09. The van der Waals surface area contributed by atoms with Crippen molar-refractivity contribution in [1.82, 2.24) is 9.47 Å². The maximum Gasteiger partial charge on any atom is 0.0695 e. The molecular formula is C13H21BrN2O. The molecule has 1 heterocycles. The molecule has 96 valence electrons. The SMILES string of the molecule is CN(Cc1cc(Br)cn1C)C1CCCCC1O. The highest BCUT2D eigenvalue weighted by Crippen LogP contribution is 2.24. The van der Waals surface area contributed by atoms with Crippen molar-refractivity contribution < 1.29 is 5.11 Å². The normalized spacial score (nSPS) is 25.5. The quantitative estimate of drug-likeness (QED) is 0.929. The highest BCUT2D eigenvalue weighted by Gasteiger charge is 2.26. The molecule has 1 aromatic heterocycles. The summed E-state index contributed by atoms with van der Waals surface area (Å²) in [6.07, 6.45) is 6.39. The van der Waals surface area contributed by atoms with Crippen LogP contribution in [0.5, 0.6) is 0 Å². The predicted molar refractivity (Wildman–Crippen MR) is 72.8 cm³/mol. The van der Waals surface area contributed by atoms with Crippen LogP contribution in [-0.2, 0) is 13.6 Å². The van der Waals surface area contributed by atoms with E-state index in [0.717, 1.165) is 23.9 Å². The maximum atomic E-state index is 10.0. The molecule has 2 unspecified atom stereocenters. The number of aliphatic hydroxyl groups excluding tert-OH is 1. The maximum absolute atomic E-state index is 10.0. The molecule has 0 amide bonds. The second kappa shape index (κ2) is 5.55. The summed E-state index contributed by atoms with van der Waals surface area (Å²) in [6, 6.07) is 2.46. The van der Waals surface area contributed by atoms with Gasteiger partial charge in [-0.2, -0.15) is 0 Å². The smallest absolute Gasteiger partial charge is 0.0695 e. The lowest BCUT2D eigenvalue weighted by molar-refractivity contribution is 0.0280. The highest BCUT2D eigenvalue weighted by atomic mass is 79.9. The molecule has 1 aromatic rings. The van der Waals surface area contributed by atoms with Crippen LogP contribution in [0.4, 0.5) is 0 Å². The van der Waals surface area contributed by atoms with Crippen LogP contribution in [-0.4, -0.2) is 33.8 Å². The Kier molecular flexibility index (Phi) is 4.28. The first kappa shape index (κ1) is 13.1. The number of aryl methyl sites for hydroxylation is 1. The van der Waals surface area contributed by atoms with Crippen LogP contribution >= 0.6 is 15.9 Å². The summed E-state index contributed by atoms with van der Waals surface area (Å²) in [5.41, 5.74) is 1.28. The number of rotatable bonds is 3. The van der Waals surface area contributed by atoms with Crippen LogP contribution in [0.15, 0.2) is 16.7 Å². The van der Waals surface area contributed by atoms with Crippen molar-refractivity contribution in [2.45, 2.75) is 44.4 Å². The minimum absolute atomic E-state index is 0.155.